The Hall–Kier alpha value is -1.46. The average Bonchev–Trinajstić information content (AvgIpc) is 2.29. The Bertz CT molecular complexity index is 371. The van der Waals surface area contributed by atoms with Crippen LogP contribution >= 0.6 is 0 Å². The highest BCUT2D eigenvalue weighted by Crippen LogP contribution is 2.12. The zero-order valence-corrected chi connectivity index (χ0v) is 9.78. The van der Waals surface area contributed by atoms with Crippen molar-refractivity contribution in [2.75, 3.05) is 19.8 Å². The second-order valence-corrected chi connectivity index (χ2v) is 3.69. The lowest BCUT2D eigenvalue weighted by molar-refractivity contribution is -0.126. The van der Waals surface area contributed by atoms with E-state index in [1.54, 1.807) is 19.1 Å². The molecule has 4 nitrogen and oxygen atoms in total. The highest BCUT2D eigenvalue weighted by molar-refractivity contribution is 5.77. The number of rotatable bonds is 6. The van der Waals surface area contributed by atoms with Gasteiger partial charge in [0.1, 0.15) is 12.4 Å². The molecule has 0 unspecified atom stereocenters. The maximum atomic E-state index is 13.0. The van der Waals surface area contributed by atoms with Crippen LogP contribution in [-0.4, -0.2) is 25.7 Å². The number of hydrogen-bond donors (Lipinski definition) is 2. The van der Waals surface area contributed by atoms with E-state index in [9.17, 15) is 9.18 Å². The summed E-state index contributed by atoms with van der Waals surface area (Å²) in [5.41, 5.74) is 5.94. The van der Waals surface area contributed by atoms with Crippen molar-refractivity contribution in [3.8, 4) is 0 Å². The first kappa shape index (κ1) is 13.6. The van der Waals surface area contributed by atoms with Gasteiger partial charge in [-0.05, 0) is 24.6 Å². The Balaban J connectivity index is 2.43. The fourth-order valence-corrected chi connectivity index (χ4v) is 1.39. The van der Waals surface area contributed by atoms with E-state index in [0.717, 1.165) is 5.56 Å². The monoisotopic (exact) mass is 240 g/mol. The van der Waals surface area contributed by atoms with Gasteiger partial charge in [0, 0.05) is 6.54 Å². The molecule has 1 aromatic carbocycles. The van der Waals surface area contributed by atoms with Crippen molar-refractivity contribution in [1.82, 2.24) is 5.32 Å². The summed E-state index contributed by atoms with van der Waals surface area (Å²) in [5.74, 6) is -0.557. The summed E-state index contributed by atoms with van der Waals surface area (Å²) >= 11 is 0. The quantitative estimate of drug-likeness (QED) is 0.728. The smallest absolute Gasteiger partial charge is 0.246 e. The largest absolute Gasteiger partial charge is 0.370 e. The van der Waals surface area contributed by atoms with Gasteiger partial charge in [-0.15, -0.1) is 0 Å². The molecule has 0 fully saturated rings. The lowest BCUT2D eigenvalue weighted by Crippen LogP contribution is -2.30. The summed E-state index contributed by atoms with van der Waals surface area (Å²) < 4.78 is 18.0. The molecule has 1 atom stereocenters. The van der Waals surface area contributed by atoms with E-state index in [1.807, 2.05) is 0 Å². The minimum absolute atomic E-state index is 0.0309. The molecule has 0 bridgehead atoms. The molecule has 0 aliphatic rings. The summed E-state index contributed by atoms with van der Waals surface area (Å²) in [5, 5.41) is 2.71. The van der Waals surface area contributed by atoms with E-state index in [2.05, 4.69) is 5.32 Å². The highest BCUT2D eigenvalue weighted by Gasteiger charge is 2.09. The SMILES string of the molecule is C[C@H](NC(=O)COCCN)c1cccc(F)c1. The summed E-state index contributed by atoms with van der Waals surface area (Å²) in [4.78, 5) is 11.4. The topological polar surface area (TPSA) is 64.3 Å². The van der Waals surface area contributed by atoms with Crippen LogP contribution in [0.15, 0.2) is 24.3 Å². The highest BCUT2D eigenvalue weighted by atomic mass is 19.1. The predicted molar refractivity (Wildman–Crippen MR) is 62.8 cm³/mol. The molecule has 0 aliphatic carbocycles. The third-order valence-electron chi connectivity index (χ3n) is 2.22. The number of halogens is 1. The summed E-state index contributed by atoms with van der Waals surface area (Å²) in [6.07, 6.45) is 0. The van der Waals surface area contributed by atoms with Crippen LogP contribution < -0.4 is 11.1 Å². The zero-order valence-electron chi connectivity index (χ0n) is 9.78. The standard InChI is InChI=1S/C12H17FN2O2/c1-9(10-3-2-4-11(13)7-10)15-12(16)8-17-6-5-14/h2-4,7,9H,5-6,8,14H2,1H3,(H,15,16)/t9-/m0/s1. The normalized spacial score (nSPS) is 12.2. The van der Waals surface area contributed by atoms with Crippen molar-refractivity contribution in [3.05, 3.63) is 35.6 Å². The molecule has 1 amide bonds. The van der Waals surface area contributed by atoms with Crippen LogP contribution in [0.2, 0.25) is 0 Å². The van der Waals surface area contributed by atoms with Crippen LogP contribution in [0.1, 0.15) is 18.5 Å². The van der Waals surface area contributed by atoms with Crippen molar-refractivity contribution in [2.45, 2.75) is 13.0 Å². The molecule has 5 heteroatoms. The second-order valence-electron chi connectivity index (χ2n) is 3.69. The number of ether oxygens (including phenoxy) is 1. The van der Waals surface area contributed by atoms with E-state index in [1.165, 1.54) is 12.1 Å². The van der Waals surface area contributed by atoms with Crippen molar-refractivity contribution in [2.24, 2.45) is 5.73 Å². The second kappa shape index (κ2) is 6.98. The van der Waals surface area contributed by atoms with Gasteiger partial charge in [0.15, 0.2) is 0 Å². The molecule has 3 N–H and O–H groups in total. The van der Waals surface area contributed by atoms with Crippen LogP contribution in [0.3, 0.4) is 0 Å². The molecule has 94 valence electrons. The lowest BCUT2D eigenvalue weighted by atomic mass is 10.1. The van der Waals surface area contributed by atoms with Gasteiger partial charge < -0.3 is 15.8 Å². The van der Waals surface area contributed by atoms with Gasteiger partial charge in [0.05, 0.1) is 12.6 Å². The molecule has 0 heterocycles. The number of nitrogens with two attached hydrogens (primary N) is 1. The first-order valence-electron chi connectivity index (χ1n) is 5.46. The zero-order chi connectivity index (χ0) is 12.7. The Kier molecular flexibility index (Phi) is 5.59. The van der Waals surface area contributed by atoms with Gasteiger partial charge in [-0.25, -0.2) is 4.39 Å². The maximum Gasteiger partial charge on any atom is 0.246 e. The summed E-state index contributed by atoms with van der Waals surface area (Å²) in [6.45, 7) is 2.49. The van der Waals surface area contributed by atoms with Gasteiger partial charge >= 0.3 is 0 Å². The summed E-state index contributed by atoms with van der Waals surface area (Å²) in [6, 6.07) is 5.88. The van der Waals surface area contributed by atoms with E-state index in [-0.39, 0.29) is 24.4 Å². The van der Waals surface area contributed by atoms with Crippen molar-refractivity contribution in [1.29, 1.82) is 0 Å². The first-order valence-corrected chi connectivity index (χ1v) is 5.46. The lowest BCUT2D eigenvalue weighted by Gasteiger charge is -2.14. The fraction of sp³-hybridized carbons (Fsp3) is 0.417. The molecule has 0 aromatic heterocycles. The van der Waals surface area contributed by atoms with Crippen molar-refractivity contribution >= 4 is 5.91 Å². The van der Waals surface area contributed by atoms with E-state index in [4.69, 9.17) is 10.5 Å². The molecule has 0 radical (unpaired) electrons. The fourth-order valence-electron chi connectivity index (χ4n) is 1.39. The third kappa shape index (κ3) is 4.93. The molecular formula is C12H17FN2O2. The molecule has 0 spiro atoms. The Morgan fingerprint density at radius 1 is 1.59 bits per heavy atom. The molecule has 0 saturated heterocycles. The first-order chi connectivity index (χ1) is 8.13. The minimum Gasteiger partial charge on any atom is -0.370 e. The summed E-state index contributed by atoms with van der Waals surface area (Å²) in [7, 11) is 0. The van der Waals surface area contributed by atoms with Gasteiger partial charge in [-0.2, -0.15) is 0 Å². The average molecular weight is 240 g/mol. The molecule has 17 heavy (non-hydrogen) atoms. The van der Waals surface area contributed by atoms with Gasteiger partial charge in [0.2, 0.25) is 5.91 Å². The van der Waals surface area contributed by atoms with E-state index < -0.39 is 0 Å². The Morgan fingerprint density at radius 3 is 3.00 bits per heavy atom. The molecular weight excluding hydrogens is 223 g/mol. The minimum atomic E-state index is -0.317. The van der Waals surface area contributed by atoms with Crippen molar-refractivity contribution < 1.29 is 13.9 Å². The number of carbonyl (C=O) groups is 1. The Labute approximate surface area is 100.0 Å². The van der Waals surface area contributed by atoms with Gasteiger partial charge in [0.25, 0.3) is 0 Å². The van der Waals surface area contributed by atoms with E-state index >= 15 is 0 Å². The molecule has 0 aliphatic heterocycles. The Morgan fingerprint density at radius 2 is 2.35 bits per heavy atom. The van der Waals surface area contributed by atoms with Crippen LogP contribution in [0.4, 0.5) is 4.39 Å². The van der Waals surface area contributed by atoms with E-state index in [0.29, 0.717) is 13.2 Å². The number of hydrogen-bond acceptors (Lipinski definition) is 3. The number of carbonyl (C=O) groups excluding carboxylic acids is 1. The number of benzene rings is 1. The van der Waals surface area contributed by atoms with Gasteiger partial charge in [-0.3, -0.25) is 4.79 Å². The molecule has 1 aromatic rings. The van der Waals surface area contributed by atoms with Crippen LogP contribution in [0.25, 0.3) is 0 Å². The van der Waals surface area contributed by atoms with Gasteiger partial charge in [-0.1, -0.05) is 12.1 Å². The molecule has 0 saturated carbocycles. The number of amides is 1. The molecule has 1 rings (SSSR count). The number of nitrogens with one attached hydrogen (secondary N) is 1. The third-order valence-corrected chi connectivity index (χ3v) is 2.22. The predicted octanol–water partition coefficient (Wildman–Crippen LogP) is 0.978. The van der Waals surface area contributed by atoms with Crippen LogP contribution in [-0.2, 0) is 9.53 Å². The van der Waals surface area contributed by atoms with Crippen LogP contribution in [0.5, 0.6) is 0 Å². The van der Waals surface area contributed by atoms with Crippen LogP contribution in [0, 0.1) is 5.82 Å². The van der Waals surface area contributed by atoms with Crippen molar-refractivity contribution in [3.63, 3.8) is 0 Å². The maximum absolute atomic E-state index is 13.0.